The van der Waals surface area contributed by atoms with E-state index in [9.17, 15) is 4.39 Å². The quantitative estimate of drug-likeness (QED) is 0.727. The maximum absolute atomic E-state index is 12.6. The number of hydrogen-bond donors (Lipinski definition) is 1. The molecule has 0 aromatic heterocycles. The fourth-order valence-corrected chi connectivity index (χ4v) is 1.58. The SMILES string of the molecule is CC(C)(C)CCCCNc1ccc(F)cc1. The highest BCUT2D eigenvalue weighted by Gasteiger charge is 2.08. The molecule has 0 aliphatic rings. The second-order valence-electron chi connectivity index (χ2n) is 5.45. The monoisotopic (exact) mass is 223 g/mol. The van der Waals surface area contributed by atoms with Crippen LogP contribution in [0.1, 0.15) is 40.0 Å². The topological polar surface area (TPSA) is 12.0 Å². The van der Waals surface area contributed by atoms with Crippen LogP contribution < -0.4 is 5.32 Å². The van der Waals surface area contributed by atoms with Crippen LogP contribution in [0.5, 0.6) is 0 Å². The van der Waals surface area contributed by atoms with Crippen molar-refractivity contribution >= 4 is 5.69 Å². The molecular formula is C14H22FN. The summed E-state index contributed by atoms with van der Waals surface area (Å²) in [5.74, 6) is -0.182. The summed E-state index contributed by atoms with van der Waals surface area (Å²) in [5.41, 5.74) is 1.42. The van der Waals surface area contributed by atoms with E-state index >= 15 is 0 Å². The average molecular weight is 223 g/mol. The van der Waals surface area contributed by atoms with E-state index in [1.807, 2.05) is 0 Å². The smallest absolute Gasteiger partial charge is 0.123 e. The van der Waals surface area contributed by atoms with Crippen molar-refractivity contribution in [3.63, 3.8) is 0 Å². The zero-order chi connectivity index (χ0) is 12.0. The molecule has 0 radical (unpaired) electrons. The van der Waals surface area contributed by atoms with Gasteiger partial charge < -0.3 is 5.32 Å². The van der Waals surface area contributed by atoms with Crippen LogP contribution in [0.3, 0.4) is 0 Å². The van der Waals surface area contributed by atoms with E-state index in [4.69, 9.17) is 0 Å². The van der Waals surface area contributed by atoms with Crippen molar-refractivity contribution in [1.82, 2.24) is 0 Å². The highest BCUT2D eigenvalue weighted by atomic mass is 19.1. The average Bonchev–Trinajstić information content (AvgIpc) is 2.19. The Labute approximate surface area is 98.1 Å². The second-order valence-corrected chi connectivity index (χ2v) is 5.45. The molecule has 0 unspecified atom stereocenters. The molecule has 2 heteroatoms. The molecule has 90 valence electrons. The van der Waals surface area contributed by atoms with Gasteiger partial charge >= 0.3 is 0 Å². The minimum absolute atomic E-state index is 0.182. The molecule has 1 aromatic carbocycles. The van der Waals surface area contributed by atoms with E-state index in [-0.39, 0.29) is 5.82 Å². The third-order valence-electron chi connectivity index (χ3n) is 2.53. The minimum Gasteiger partial charge on any atom is -0.385 e. The molecule has 1 rings (SSSR count). The highest BCUT2D eigenvalue weighted by Crippen LogP contribution is 2.21. The van der Waals surface area contributed by atoms with E-state index in [2.05, 4.69) is 26.1 Å². The zero-order valence-corrected chi connectivity index (χ0v) is 10.5. The summed E-state index contributed by atoms with van der Waals surface area (Å²) < 4.78 is 12.6. The van der Waals surface area contributed by atoms with Crippen LogP contribution in [0.4, 0.5) is 10.1 Å². The van der Waals surface area contributed by atoms with E-state index < -0.39 is 0 Å². The maximum Gasteiger partial charge on any atom is 0.123 e. The molecule has 0 fully saturated rings. The van der Waals surface area contributed by atoms with Gasteiger partial charge in [-0.05, 0) is 42.5 Å². The Balaban J connectivity index is 2.14. The van der Waals surface area contributed by atoms with Gasteiger partial charge in [-0.3, -0.25) is 0 Å². The summed E-state index contributed by atoms with van der Waals surface area (Å²) in [6.07, 6.45) is 3.64. The van der Waals surface area contributed by atoms with E-state index in [0.717, 1.165) is 18.7 Å². The molecule has 0 bridgehead atoms. The van der Waals surface area contributed by atoms with Crippen LogP contribution in [0, 0.1) is 11.2 Å². The standard InChI is InChI=1S/C14H22FN/c1-14(2,3)10-4-5-11-16-13-8-6-12(15)7-9-13/h6-9,16H,4-5,10-11H2,1-3H3. The highest BCUT2D eigenvalue weighted by molar-refractivity contribution is 5.42. The van der Waals surface area contributed by atoms with Gasteiger partial charge in [-0.2, -0.15) is 0 Å². The molecule has 0 aliphatic heterocycles. The Hall–Kier alpha value is -1.05. The number of anilines is 1. The third-order valence-corrected chi connectivity index (χ3v) is 2.53. The second kappa shape index (κ2) is 5.88. The van der Waals surface area contributed by atoms with Crippen molar-refractivity contribution in [2.75, 3.05) is 11.9 Å². The molecular weight excluding hydrogens is 201 g/mol. The first-order valence-corrected chi connectivity index (χ1v) is 5.97. The van der Waals surface area contributed by atoms with Gasteiger partial charge in [0.05, 0.1) is 0 Å². The number of hydrogen-bond acceptors (Lipinski definition) is 1. The minimum atomic E-state index is -0.182. The van der Waals surface area contributed by atoms with Gasteiger partial charge in [0.2, 0.25) is 0 Å². The number of halogens is 1. The van der Waals surface area contributed by atoms with E-state index in [1.54, 1.807) is 12.1 Å². The maximum atomic E-state index is 12.6. The lowest BCUT2D eigenvalue weighted by molar-refractivity contribution is 0.362. The molecule has 0 spiro atoms. The fraction of sp³-hybridized carbons (Fsp3) is 0.571. The van der Waals surface area contributed by atoms with Crippen molar-refractivity contribution in [3.05, 3.63) is 30.1 Å². The Bertz CT molecular complexity index is 298. The summed E-state index contributed by atoms with van der Waals surface area (Å²) in [5, 5.41) is 3.29. The van der Waals surface area contributed by atoms with Crippen LogP contribution in [-0.4, -0.2) is 6.54 Å². The lowest BCUT2D eigenvalue weighted by Gasteiger charge is -2.17. The lowest BCUT2D eigenvalue weighted by atomic mass is 9.90. The van der Waals surface area contributed by atoms with Crippen molar-refractivity contribution < 1.29 is 4.39 Å². The first-order chi connectivity index (χ1) is 7.47. The van der Waals surface area contributed by atoms with Gasteiger partial charge in [-0.25, -0.2) is 4.39 Å². The first kappa shape index (κ1) is 13.0. The Morgan fingerprint density at radius 3 is 2.25 bits per heavy atom. The van der Waals surface area contributed by atoms with Gasteiger partial charge in [-0.15, -0.1) is 0 Å². The number of nitrogens with one attached hydrogen (secondary N) is 1. The van der Waals surface area contributed by atoms with Crippen molar-refractivity contribution in [3.8, 4) is 0 Å². The summed E-state index contributed by atoms with van der Waals surface area (Å²) in [6.45, 7) is 7.75. The van der Waals surface area contributed by atoms with Crippen LogP contribution in [-0.2, 0) is 0 Å². The molecule has 16 heavy (non-hydrogen) atoms. The van der Waals surface area contributed by atoms with Gasteiger partial charge in [0.15, 0.2) is 0 Å². The number of unbranched alkanes of at least 4 members (excludes halogenated alkanes) is 1. The number of rotatable bonds is 5. The van der Waals surface area contributed by atoms with Gasteiger partial charge in [0.1, 0.15) is 5.82 Å². The lowest BCUT2D eigenvalue weighted by Crippen LogP contribution is -2.07. The molecule has 1 aromatic rings. The predicted molar refractivity (Wildman–Crippen MR) is 68.2 cm³/mol. The molecule has 1 N–H and O–H groups in total. The normalized spacial score (nSPS) is 11.5. The van der Waals surface area contributed by atoms with Crippen molar-refractivity contribution in [1.29, 1.82) is 0 Å². The van der Waals surface area contributed by atoms with Gasteiger partial charge in [0.25, 0.3) is 0 Å². The van der Waals surface area contributed by atoms with Crippen LogP contribution in [0.25, 0.3) is 0 Å². The summed E-state index contributed by atoms with van der Waals surface area (Å²) in [7, 11) is 0. The van der Waals surface area contributed by atoms with Gasteiger partial charge in [0, 0.05) is 12.2 Å². The van der Waals surface area contributed by atoms with Crippen LogP contribution >= 0.6 is 0 Å². The van der Waals surface area contributed by atoms with Crippen molar-refractivity contribution in [2.24, 2.45) is 5.41 Å². The zero-order valence-electron chi connectivity index (χ0n) is 10.5. The third kappa shape index (κ3) is 5.74. The Morgan fingerprint density at radius 2 is 1.69 bits per heavy atom. The Kier molecular flexibility index (Phi) is 4.78. The first-order valence-electron chi connectivity index (χ1n) is 5.97. The summed E-state index contributed by atoms with van der Waals surface area (Å²) in [4.78, 5) is 0. The van der Waals surface area contributed by atoms with Gasteiger partial charge in [-0.1, -0.05) is 27.2 Å². The fourth-order valence-electron chi connectivity index (χ4n) is 1.58. The van der Waals surface area contributed by atoms with E-state index in [0.29, 0.717) is 5.41 Å². The van der Waals surface area contributed by atoms with E-state index in [1.165, 1.54) is 25.0 Å². The number of benzene rings is 1. The molecule has 0 heterocycles. The van der Waals surface area contributed by atoms with Crippen LogP contribution in [0.15, 0.2) is 24.3 Å². The molecule has 0 saturated heterocycles. The summed E-state index contributed by atoms with van der Waals surface area (Å²) >= 11 is 0. The largest absolute Gasteiger partial charge is 0.385 e. The molecule has 0 saturated carbocycles. The predicted octanol–water partition coefficient (Wildman–Crippen LogP) is 4.45. The Morgan fingerprint density at radius 1 is 1.06 bits per heavy atom. The molecule has 0 amide bonds. The summed E-state index contributed by atoms with van der Waals surface area (Å²) in [6, 6.07) is 6.52. The van der Waals surface area contributed by atoms with Crippen LogP contribution in [0.2, 0.25) is 0 Å². The van der Waals surface area contributed by atoms with Crippen molar-refractivity contribution in [2.45, 2.75) is 40.0 Å². The molecule has 0 aliphatic carbocycles. The molecule has 0 atom stereocenters. The molecule has 1 nitrogen and oxygen atoms in total.